The molecule has 1 heterocycles. The van der Waals surface area contributed by atoms with Gasteiger partial charge in [0.05, 0.1) is 16.1 Å². The van der Waals surface area contributed by atoms with Gasteiger partial charge in [0.15, 0.2) is 0 Å². The summed E-state index contributed by atoms with van der Waals surface area (Å²) in [6.45, 7) is 3.23. The number of nitrogens with zero attached hydrogens (tertiary/aromatic N) is 2. The number of nitrogens with one attached hydrogen (secondary N) is 1. The zero-order chi connectivity index (χ0) is 21.0. The van der Waals surface area contributed by atoms with Crippen molar-refractivity contribution >= 4 is 40.8 Å². The van der Waals surface area contributed by atoms with E-state index in [1.165, 1.54) is 0 Å². The first-order chi connectivity index (χ1) is 13.8. The van der Waals surface area contributed by atoms with Crippen molar-refractivity contribution in [3.05, 3.63) is 64.1 Å². The van der Waals surface area contributed by atoms with Crippen molar-refractivity contribution < 1.29 is 9.59 Å². The standard InChI is InChI=1S/C21H24Cl2N4O2/c1-14-13-26(20(28)19(24)11-15-5-3-2-4-6-15)9-10-27(14)21(29)25-16-7-8-17(22)18(23)12-16/h2-8,12,14,19H,9-11,13,24H2,1H3,(H,25,29). The molecule has 1 saturated heterocycles. The Kier molecular flexibility index (Phi) is 7.00. The highest BCUT2D eigenvalue weighted by molar-refractivity contribution is 6.42. The van der Waals surface area contributed by atoms with E-state index >= 15 is 0 Å². The number of hydrogen-bond acceptors (Lipinski definition) is 3. The summed E-state index contributed by atoms with van der Waals surface area (Å²) in [5.74, 6) is -0.0924. The van der Waals surface area contributed by atoms with Gasteiger partial charge in [-0.15, -0.1) is 0 Å². The van der Waals surface area contributed by atoms with Crippen molar-refractivity contribution in [2.75, 3.05) is 25.0 Å². The molecule has 6 nitrogen and oxygen atoms in total. The van der Waals surface area contributed by atoms with Gasteiger partial charge in [0.1, 0.15) is 0 Å². The van der Waals surface area contributed by atoms with Crippen LogP contribution in [-0.4, -0.2) is 53.5 Å². The molecule has 2 aromatic carbocycles. The molecular formula is C21H24Cl2N4O2. The van der Waals surface area contributed by atoms with E-state index in [0.717, 1.165) is 5.56 Å². The first-order valence-corrected chi connectivity index (χ1v) is 10.2. The molecule has 2 aromatic rings. The summed E-state index contributed by atoms with van der Waals surface area (Å²) < 4.78 is 0. The number of nitrogens with two attached hydrogens (primary N) is 1. The van der Waals surface area contributed by atoms with E-state index in [1.54, 1.807) is 28.0 Å². The van der Waals surface area contributed by atoms with Crippen LogP contribution < -0.4 is 11.1 Å². The van der Waals surface area contributed by atoms with Crippen LogP contribution in [0.3, 0.4) is 0 Å². The second kappa shape index (κ2) is 9.48. The summed E-state index contributed by atoms with van der Waals surface area (Å²) in [6.07, 6.45) is 0.492. The molecule has 154 valence electrons. The third-order valence-electron chi connectivity index (χ3n) is 4.99. The van der Waals surface area contributed by atoms with Gasteiger partial charge >= 0.3 is 6.03 Å². The Hall–Kier alpha value is -2.28. The van der Waals surface area contributed by atoms with Crippen LogP contribution in [-0.2, 0) is 11.2 Å². The second-order valence-corrected chi connectivity index (χ2v) is 8.00. The highest BCUT2D eigenvalue weighted by Gasteiger charge is 2.31. The fourth-order valence-corrected chi connectivity index (χ4v) is 3.72. The Morgan fingerprint density at radius 2 is 1.86 bits per heavy atom. The number of benzene rings is 2. The molecule has 0 spiro atoms. The van der Waals surface area contributed by atoms with Crippen LogP contribution in [0.4, 0.5) is 10.5 Å². The summed E-state index contributed by atoms with van der Waals surface area (Å²) >= 11 is 11.9. The molecule has 8 heteroatoms. The van der Waals surface area contributed by atoms with Crippen LogP contribution in [0.2, 0.25) is 10.0 Å². The number of halogens is 2. The zero-order valence-corrected chi connectivity index (χ0v) is 17.7. The molecule has 1 fully saturated rings. The molecule has 3 rings (SSSR count). The summed E-state index contributed by atoms with van der Waals surface area (Å²) in [7, 11) is 0. The Morgan fingerprint density at radius 1 is 1.14 bits per heavy atom. The smallest absolute Gasteiger partial charge is 0.322 e. The summed E-state index contributed by atoms with van der Waals surface area (Å²) in [4.78, 5) is 28.8. The molecule has 29 heavy (non-hydrogen) atoms. The van der Waals surface area contributed by atoms with E-state index in [4.69, 9.17) is 28.9 Å². The SMILES string of the molecule is CC1CN(C(=O)C(N)Cc2ccccc2)CCN1C(=O)Nc1ccc(Cl)c(Cl)c1. The maximum absolute atomic E-state index is 12.7. The second-order valence-electron chi connectivity index (χ2n) is 7.18. The third-order valence-corrected chi connectivity index (χ3v) is 5.73. The average Bonchev–Trinajstić information content (AvgIpc) is 2.70. The van der Waals surface area contributed by atoms with E-state index in [0.29, 0.717) is 41.8 Å². The molecule has 0 radical (unpaired) electrons. The molecule has 0 aliphatic carbocycles. The van der Waals surface area contributed by atoms with Crippen LogP contribution in [0.15, 0.2) is 48.5 Å². The van der Waals surface area contributed by atoms with Crippen LogP contribution in [0.1, 0.15) is 12.5 Å². The number of urea groups is 1. The van der Waals surface area contributed by atoms with E-state index < -0.39 is 6.04 Å². The third kappa shape index (κ3) is 5.41. The number of hydrogen-bond donors (Lipinski definition) is 2. The number of carbonyl (C=O) groups excluding carboxylic acids is 2. The van der Waals surface area contributed by atoms with Gasteiger partial charge in [-0.2, -0.15) is 0 Å². The molecule has 2 atom stereocenters. The van der Waals surface area contributed by atoms with E-state index in [9.17, 15) is 9.59 Å². The minimum Gasteiger partial charge on any atom is -0.338 e. The summed E-state index contributed by atoms with van der Waals surface area (Å²) in [5.41, 5.74) is 7.74. The van der Waals surface area contributed by atoms with Gasteiger partial charge in [-0.05, 0) is 37.1 Å². The minimum absolute atomic E-state index is 0.0924. The first kappa shape index (κ1) is 21.4. The van der Waals surface area contributed by atoms with Crippen molar-refractivity contribution in [3.63, 3.8) is 0 Å². The van der Waals surface area contributed by atoms with Crippen LogP contribution in [0, 0.1) is 0 Å². The van der Waals surface area contributed by atoms with Gasteiger partial charge in [0.2, 0.25) is 5.91 Å². The molecule has 0 saturated carbocycles. The van der Waals surface area contributed by atoms with Gasteiger partial charge in [-0.1, -0.05) is 53.5 Å². The van der Waals surface area contributed by atoms with Crippen molar-refractivity contribution in [3.8, 4) is 0 Å². The highest BCUT2D eigenvalue weighted by Crippen LogP contribution is 2.25. The minimum atomic E-state index is -0.596. The van der Waals surface area contributed by atoms with Gasteiger partial charge in [0.25, 0.3) is 0 Å². The maximum Gasteiger partial charge on any atom is 0.322 e. The lowest BCUT2D eigenvalue weighted by molar-refractivity contribution is -0.134. The molecule has 2 unspecified atom stereocenters. The van der Waals surface area contributed by atoms with E-state index in [1.807, 2.05) is 37.3 Å². The first-order valence-electron chi connectivity index (χ1n) is 9.46. The largest absolute Gasteiger partial charge is 0.338 e. The molecule has 3 N–H and O–H groups in total. The predicted octanol–water partition coefficient (Wildman–Crippen LogP) is 3.63. The normalized spacial score (nSPS) is 17.7. The molecule has 3 amide bonds. The highest BCUT2D eigenvalue weighted by atomic mass is 35.5. The lowest BCUT2D eigenvalue weighted by Gasteiger charge is -2.40. The van der Waals surface area contributed by atoms with Crippen LogP contribution >= 0.6 is 23.2 Å². The predicted molar refractivity (Wildman–Crippen MR) is 116 cm³/mol. The number of carbonyl (C=O) groups is 2. The lowest BCUT2D eigenvalue weighted by atomic mass is 10.0. The van der Waals surface area contributed by atoms with Crippen molar-refractivity contribution in [2.45, 2.75) is 25.4 Å². The number of rotatable bonds is 4. The molecule has 1 aliphatic heterocycles. The van der Waals surface area contributed by atoms with E-state index in [2.05, 4.69) is 5.32 Å². The fraction of sp³-hybridized carbons (Fsp3) is 0.333. The zero-order valence-electron chi connectivity index (χ0n) is 16.1. The number of anilines is 1. The summed E-state index contributed by atoms with van der Waals surface area (Å²) in [6, 6.07) is 13.7. The van der Waals surface area contributed by atoms with Crippen LogP contribution in [0.5, 0.6) is 0 Å². The van der Waals surface area contributed by atoms with Gasteiger partial charge in [-0.25, -0.2) is 4.79 Å². The maximum atomic E-state index is 12.7. The Labute approximate surface area is 180 Å². The van der Waals surface area contributed by atoms with E-state index in [-0.39, 0.29) is 18.0 Å². The van der Waals surface area contributed by atoms with Gasteiger partial charge in [0, 0.05) is 31.4 Å². The fourth-order valence-electron chi connectivity index (χ4n) is 3.42. The summed E-state index contributed by atoms with van der Waals surface area (Å²) in [5, 5.41) is 3.63. The average molecular weight is 435 g/mol. The number of amides is 3. The van der Waals surface area contributed by atoms with Crippen molar-refractivity contribution in [2.24, 2.45) is 5.73 Å². The van der Waals surface area contributed by atoms with Gasteiger partial charge < -0.3 is 20.9 Å². The van der Waals surface area contributed by atoms with Gasteiger partial charge in [-0.3, -0.25) is 4.79 Å². The molecular weight excluding hydrogens is 411 g/mol. The number of piperazine rings is 1. The lowest BCUT2D eigenvalue weighted by Crippen LogP contribution is -2.59. The molecule has 1 aliphatic rings. The van der Waals surface area contributed by atoms with Crippen molar-refractivity contribution in [1.82, 2.24) is 9.80 Å². The Bertz CT molecular complexity index is 878. The van der Waals surface area contributed by atoms with Crippen molar-refractivity contribution in [1.29, 1.82) is 0 Å². The topological polar surface area (TPSA) is 78.7 Å². The Morgan fingerprint density at radius 3 is 2.52 bits per heavy atom. The van der Waals surface area contributed by atoms with Crippen LogP contribution in [0.25, 0.3) is 0 Å². The molecule has 0 aromatic heterocycles. The quantitative estimate of drug-likeness (QED) is 0.770. The monoisotopic (exact) mass is 434 g/mol. The molecule has 0 bridgehead atoms. The Balaban J connectivity index is 1.55.